The van der Waals surface area contributed by atoms with Crippen molar-refractivity contribution in [3.8, 4) is 0 Å². The molecule has 4 aliphatic carbocycles. The van der Waals surface area contributed by atoms with E-state index in [9.17, 15) is 9.59 Å². The summed E-state index contributed by atoms with van der Waals surface area (Å²) in [7, 11) is 0. The normalized spacial score (nSPS) is 30.9. The minimum Gasteiger partial charge on any atom is -0.273 e. The van der Waals surface area contributed by atoms with Crippen molar-refractivity contribution in [1.29, 1.82) is 0 Å². The molecule has 4 fully saturated rings. The van der Waals surface area contributed by atoms with Crippen LogP contribution in [0.3, 0.4) is 0 Å². The number of hydrogen-bond donors (Lipinski definition) is 2. The Labute approximate surface area is 162 Å². The molecule has 0 radical (unpaired) electrons. The molecule has 0 spiro atoms. The smallest absolute Gasteiger partial charge is 0.238 e. The lowest BCUT2D eigenvalue weighted by Gasteiger charge is -2.56. The van der Waals surface area contributed by atoms with Crippen molar-refractivity contribution < 1.29 is 9.59 Å². The largest absolute Gasteiger partial charge is 0.273 e. The highest BCUT2D eigenvalue weighted by Crippen LogP contribution is 2.61. The van der Waals surface area contributed by atoms with Gasteiger partial charge in [0.2, 0.25) is 11.8 Å². The van der Waals surface area contributed by atoms with Crippen molar-refractivity contribution in [3.05, 3.63) is 35.4 Å². The molecule has 0 atom stereocenters. The fourth-order valence-electron chi connectivity index (χ4n) is 6.29. The zero-order valence-corrected chi connectivity index (χ0v) is 16.4. The Morgan fingerprint density at radius 3 is 1.96 bits per heavy atom. The minimum atomic E-state index is -0.117. The average Bonchev–Trinajstić information content (AvgIpc) is 2.63. The predicted octanol–water partition coefficient (Wildman–Crippen LogP) is 3.94. The molecule has 4 saturated carbocycles. The summed E-state index contributed by atoms with van der Waals surface area (Å²) < 4.78 is 0. The third kappa shape index (κ3) is 4.36. The number of hydrogen-bond acceptors (Lipinski definition) is 2. The predicted molar refractivity (Wildman–Crippen MR) is 106 cm³/mol. The first-order valence-electron chi connectivity index (χ1n) is 10.7. The summed E-state index contributed by atoms with van der Waals surface area (Å²) in [5, 5.41) is 0. The second-order valence-corrected chi connectivity index (χ2v) is 9.36. The van der Waals surface area contributed by atoms with Crippen molar-refractivity contribution in [3.63, 3.8) is 0 Å². The quantitative estimate of drug-likeness (QED) is 0.747. The molecule has 2 N–H and O–H groups in total. The van der Waals surface area contributed by atoms with Crippen molar-refractivity contribution in [2.75, 3.05) is 0 Å². The Morgan fingerprint density at radius 2 is 1.41 bits per heavy atom. The van der Waals surface area contributed by atoms with Crippen LogP contribution in [0.2, 0.25) is 0 Å². The molecule has 4 nitrogen and oxygen atoms in total. The Kier molecular flexibility index (Phi) is 5.25. The molecule has 4 heteroatoms. The van der Waals surface area contributed by atoms with E-state index in [1.165, 1.54) is 44.1 Å². The highest BCUT2D eigenvalue weighted by molar-refractivity contribution is 5.82. The Balaban J connectivity index is 1.20. The van der Waals surface area contributed by atoms with Gasteiger partial charge in [-0.2, -0.15) is 0 Å². The van der Waals surface area contributed by atoms with Gasteiger partial charge in [0.1, 0.15) is 0 Å². The molecule has 2 amide bonds. The zero-order chi connectivity index (χ0) is 18.9. The first-order chi connectivity index (χ1) is 13.0. The fraction of sp³-hybridized carbons (Fsp3) is 0.652. The van der Waals surface area contributed by atoms with Gasteiger partial charge in [-0.25, -0.2) is 0 Å². The van der Waals surface area contributed by atoms with Crippen LogP contribution in [0.5, 0.6) is 0 Å². The third-order valence-electron chi connectivity index (χ3n) is 7.11. The van der Waals surface area contributed by atoms with Gasteiger partial charge in [0, 0.05) is 12.8 Å². The van der Waals surface area contributed by atoms with Crippen LogP contribution in [0.4, 0.5) is 0 Å². The maximum atomic E-state index is 12.5. The highest BCUT2D eigenvalue weighted by atomic mass is 16.2. The number of aryl methyl sites for hydroxylation is 2. The van der Waals surface area contributed by atoms with Crippen LogP contribution in [-0.2, 0) is 22.4 Å². The summed E-state index contributed by atoms with van der Waals surface area (Å²) in [4.78, 5) is 24.5. The molecular formula is C23H32N2O2. The maximum Gasteiger partial charge on any atom is 0.238 e. The van der Waals surface area contributed by atoms with Crippen molar-refractivity contribution >= 4 is 11.8 Å². The molecule has 146 valence electrons. The van der Waals surface area contributed by atoms with Gasteiger partial charge < -0.3 is 0 Å². The Bertz CT molecular complexity index is 660. The number of hydrazine groups is 1. The molecule has 27 heavy (non-hydrogen) atoms. The van der Waals surface area contributed by atoms with Gasteiger partial charge in [-0.3, -0.25) is 20.4 Å². The molecule has 1 aromatic rings. The van der Waals surface area contributed by atoms with Gasteiger partial charge in [-0.15, -0.1) is 0 Å². The molecular weight excluding hydrogens is 336 g/mol. The molecule has 5 rings (SSSR count). The summed E-state index contributed by atoms with van der Waals surface area (Å²) in [5.41, 5.74) is 7.97. The van der Waals surface area contributed by atoms with E-state index in [4.69, 9.17) is 0 Å². The number of nitrogens with one attached hydrogen (secondary N) is 2. The molecule has 0 aromatic heterocycles. The van der Waals surface area contributed by atoms with Crippen molar-refractivity contribution in [2.45, 2.75) is 71.1 Å². The highest BCUT2D eigenvalue weighted by Gasteiger charge is 2.51. The van der Waals surface area contributed by atoms with E-state index in [1.54, 1.807) is 0 Å². The zero-order valence-electron chi connectivity index (χ0n) is 16.4. The standard InChI is InChI=1S/C23H32N2O2/c1-2-16-3-5-17(6-4-16)7-8-21(26)24-25-22(27)15-23-12-18-9-19(13-23)11-20(10-18)14-23/h3-6,18-20H,2,7-15H2,1H3,(H,24,26)(H,25,27). The molecule has 0 unspecified atom stereocenters. The summed E-state index contributed by atoms with van der Waals surface area (Å²) in [6.07, 6.45) is 10.5. The first-order valence-corrected chi connectivity index (χ1v) is 10.7. The second kappa shape index (κ2) is 7.65. The summed E-state index contributed by atoms with van der Waals surface area (Å²) >= 11 is 0. The van der Waals surface area contributed by atoms with Crippen LogP contribution in [0, 0.1) is 23.2 Å². The monoisotopic (exact) mass is 368 g/mol. The number of benzene rings is 1. The summed E-state index contributed by atoms with van der Waals surface area (Å²) in [6.45, 7) is 2.13. The van der Waals surface area contributed by atoms with Gasteiger partial charge in [0.05, 0.1) is 0 Å². The number of carbonyl (C=O) groups is 2. The lowest BCUT2D eigenvalue weighted by molar-refractivity contribution is -0.134. The number of rotatable bonds is 6. The van der Waals surface area contributed by atoms with Gasteiger partial charge in [-0.05, 0) is 85.7 Å². The maximum absolute atomic E-state index is 12.5. The number of amides is 2. The minimum absolute atomic E-state index is 0.0161. The van der Waals surface area contributed by atoms with Crippen LogP contribution in [-0.4, -0.2) is 11.8 Å². The number of carbonyl (C=O) groups excluding carboxylic acids is 2. The molecule has 4 aliphatic rings. The van der Waals surface area contributed by atoms with Crippen LogP contribution in [0.25, 0.3) is 0 Å². The fourth-order valence-corrected chi connectivity index (χ4v) is 6.29. The van der Waals surface area contributed by atoms with E-state index in [-0.39, 0.29) is 17.2 Å². The lowest BCUT2D eigenvalue weighted by Crippen LogP contribution is -2.50. The van der Waals surface area contributed by atoms with E-state index < -0.39 is 0 Å². The molecule has 0 aliphatic heterocycles. The van der Waals surface area contributed by atoms with E-state index in [0.717, 1.165) is 29.7 Å². The van der Waals surface area contributed by atoms with E-state index in [2.05, 4.69) is 42.0 Å². The molecule has 0 heterocycles. The van der Waals surface area contributed by atoms with E-state index in [1.807, 2.05) is 0 Å². The Morgan fingerprint density at radius 1 is 0.889 bits per heavy atom. The van der Waals surface area contributed by atoms with Crippen LogP contribution in [0.15, 0.2) is 24.3 Å². The van der Waals surface area contributed by atoms with Crippen molar-refractivity contribution in [1.82, 2.24) is 10.9 Å². The van der Waals surface area contributed by atoms with Crippen LogP contribution >= 0.6 is 0 Å². The van der Waals surface area contributed by atoms with Crippen LogP contribution < -0.4 is 10.9 Å². The van der Waals surface area contributed by atoms with E-state index >= 15 is 0 Å². The summed E-state index contributed by atoms with van der Waals surface area (Å²) in [6, 6.07) is 8.39. The van der Waals surface area contributed by atoms with Crippen LogP contribution in [0.1, 0.15) is 69.4 Å². The van der Waals surface area contributed by atoms with E-state index in [0.29, 0.717) is 19.3 Å². The lowest BCUT2D eigenvalue weighted by atomic mass is 9.49. The SMILES string of the molecule is CCc1ccc(CCC(=O)NNC(=O)CC23CC4CC(CC(C4)C2)C3)cc1. The summed E-state index contributed by atoms with van der Waals surface area (Å²) in [5.74, 6) is 2.40. The topological polar surface area (TPSA) is 58.2 Å². The van der Waals surface area contributed by atoms with Gasteiger partial charge in [-0.1, -0.05) is 31.2 Å². The van der Waals surface area contributed by atoms with Gasteiger partial charge in [0.25, 0.3) is 0 Å². The molecule has 1 aromatic carbocycles. The Hall–Kier alpha value is -1.84. The third-order valence-corrected chi connectivity index (χ3v) is 7.11. The molecule has 0 saturated heterocycles. The first kappa shape index (κ1) is 18.5. The second-order valence-electron chi connectivity index (χ2n) is 9.36. The van der Waals surface area contributed by atoms with Crippen molar-refractivity contribution in [2.24, 2.45) is 23.2 Å². The average molecular weight is 369 g/mol. The molecule has 4 bridgehead atoms. The van der Waals surface area contributed by atoms with Gasteiger partial charge in [0.15, 0.2) is 0 Å². The van der Waals surface area contributed by atoms with Gasteiger partial charge >= 0.3 is 0 Å².